The highest BCUT2D eigenvalue weighted by Gasteiger charge is 2.24. The van der Waals surface area contributed by atoms with E-state index in [0.717, 1.165) is 18.7 Å². The Bertz CT molecular complexity index is 706. The van der Waals surface area contributed by atoms with Crippen LogP contribution in [0, 0.1) is 0 Å². The molecule has 0 atom stereocenters. The minimum absolute atomic E-state index is 0.157. The van der Waals surface area contributed by atoms with E-state index in [0.29, 0.717) is 6.42 Å². The molecule has 0 saturated carbocycles. The topological polar surface area (TPSA) is 32.7 Å². The molecular formula is C21H28N2OSi. The molecule has 2 rings (SSSR count). The molecule has 0 unspecified atom stereocenters. The monoisotopic (exact) mass is 352 g/mol. The summed E-state index contributed by atoms with van der Waals surface area (Å²) < 4.78 is 2.23. The molecule has 25 heavy (non-hydrogen) atoms. The zero-order valence-corrected chi connectivity index (χ0v) is 16.7. The SMILES string of the molecule is CC(=O)CC(Cc1ccccc1)=NN(Cc1ccccc1)[Si](C)(C)C. The molecule has 0 N–H and O–H groups in total. The molecule has 0 fully saturated rings. The van der Waals surface area contributed by atoms with Crippen molar-refractivity contribution in [1.82, 2.24) is 4.67 Å². The molecule has 0 aliphatic heterocycles. The minimum Gasteiger partial charge on any atom is -0.320 e. The van der Waals surface area contributed by atoms with Crippen LogP contribution in [0.1, 0.15) is 24.5 Å². The van der Waals surface area contributed by atoms with Crippen molar-refractivity contribution in [3.8, 4) is 0 Å². The molecule has 0 aromatic heterocycles. The van der Waals surface area contributed by atoms with Gasteiger partial charge in [0.15, 0.2) is 8.24 Å². The molecule has 0 radical (unpaired) electrons. The third-order valence-electron chi connectivity index (χ3n) is 3.92. The molecule has 0 saturated heterocycles. The highest BCUT2D eigenvalue weighted by Crippen LogP contribution is 2.17. The molecule has 2 aromatic rings. The quantitative estimate of drug-likeness (QED) is 0.384. The fourth-order valence-corrected chi connectivity index (χ4v) is 3.70. The molecule has 0 bridgehead atoms. The number of carbonyl (C=O) groups excluding carboxylic acids is 1. The molecule has 2 aromatic carbocycles. The normalized spacial score (nSPS) is 12.1. The predicted octanol–water partition coefficient (Wildman–Crippen LogP) is 4.90. The fraction of sp³-hybridized carbons (Fsp3) is 0.333. The summed E-state index contributed by atoms with van der Waals surface area (Å²) in [4.78, 5) is 11.7. The molecule has 3 nitrogen and oxygen atoms in total. The maximum Gasteiger partial charge on any atom is 0.169 e. The molecule has 0 amide bonds. The summed E-state index contributed by atoms with van der Waals surface area (Å²) in [7, 11) is -1.67. The smallest absolute Gasteiger partial charge is 0.169 e. The highest BCUT2D eigenvalue weighted by molar-refractivity contribution is 6.73. The van der Waals surface area contributed by atoms with Crippen molar-refractivity contribution in [2.45, 2.75) is 46.0 Å². The van der Waals surface area contributed by atoms with E-state index in [2.05, 4.69) is 60.7 Å². The van der Waals surface area contributed by atoms with Crippen molar-refractivity contribution in [1.29, 1.82) is 0 Å². The van der Waals surface area contributed by atoms with Crippen LogP contribution in [0.3, 0.4) is 0 Å². The van der Waals surface area contributed by atoms with Crippen LogP contribution >= 0.6 is 0 Å². The van der Waals surface area contributed by atoms with Gasteiger partial charge < -0.3 is 4.67 Å². The van der Waals surface area contributed by atoms with Gasteiger partial charge in [-0.3, -0.25) is 4.79 Å². The molecule has 0 aliphatic carbocycles. The first-order valence-corrected chi connectivity index (χ1v) is 12.2. The highest BCUT2D eigenvalue weighted by atomic mass is 28.3. The number of Topliss-reactive ketones (excluding diaryl/α,β-unsaturated/α-hetero) is 1. The predicted molar refractivity (Wildman–Crippen MR) is 108 cm³/mol. The van der Waals surface area contributed by atoms with E-state index in [4.69, 9.17) is 5.10 Å². The lowest BCUT2D eigenvalue weighted by Gasteiger charge is -2.32. The average Bonchev–Trinajstić information content (AvgIpc) is 2.54. The molecule has 0 aliphatic rings. The van der Waals surface area contributed by atoms with Gasteiger partial charge >= 0.3 is 0 Å². The van der Waals surface area contributed by atoms with E-state index < -0.39 is 8.24 Å². The van der Waals surface area contributed by atoms with Gasteiger partial charge in [0.1, 0.15) is 5.78 Å². The average molecular weight is 353 g/mol. The van der Waals surface area contributed by atoms with Gasteiger partial charge in [-0.25, -0.2) is 0 Å². The van der Waals surface area contributed by atoms with Crippen molar-refractivity contribution < 1.29 is 4.79 Å². The van der Waals surface area contributed by atoms with Crippen LogP contribution in [-0.2, 0) is 17.8 Å². The Morgan fingerprint density at radius 1 is 0.920 bits per heavy atom. The largest absolute Gasteiger partial charge is 0.320 e. The number of benzene rings is 2. The lowest BCUT2D eigenvalue weighted by atomic mass is 10.1. The van der Waals surface area contributed by atoms with E-state index in [1.807, 2.05) is 24.3 Å². The van der Waals surface area contributed by atoms with Crippen molar-refractivity contribution in [3.05, 3.63) is 71.8 Å². The Balaban J connectivity index is 2.28. The zero-order chi connectivity index (χ0) is 18.3. The van der Waals surface area contributed by atoms with Crippen molar-refractivity contribution in [3.63, 3.8) is 0 Å². The number of ketones is 1. The molecule has 132 valence electrons. The van der Waals surface area contributed by atoms with Gasteiger partial charge in [0.05, 0.1) is 6.54 Å². The second-order valence-electron chi connectivity index (χ2n) is 7.42. The first-order chi connectivity index (χ1) is 11.8. The van der Waals surface area contributed by atoms with Gasteiger partial charge in [0.25, 0.3) is 0 Å². The summed E-state index contributed by atoms with van der Waals surface area (Å²) in [5.74, 6) is 0.157. The lowest BCUT2D eigenvalue weighted by Crippen LogP contribution is -2.42. The van der Waals surface area contributed by atoms with Gasteiger partial charge in [0.2, 0.25) is 0 Å². The fourth-order valence-electron chi connectivity index (χ4n) is 2.60. The lowest BCUT2D eigenvalue weighted by molar-refractivity contribution is -0.115. The maximum atomic E-state index is 11.7. The van der Waals surface area contributed by atoms with Crippen molar-refractivity contribution >= 4 is 19.7 Å². The summed E-state index contributed by atoms with van der Waals surface area (Å²) in [6.07, 6.45) is 1.13. The van der Waals surface area contributed by atoms with E-state index >= 15 is 0 Å². The van der Waals surface area contributed by atoms with E-state index in [-0.39, 0.29) is 5.78 Å². The molecule has 0 heterocycles. The van der Waals surface area contributed by atoms with E-state index in [1.165, 1.54) is 11.1 Å². The van der Waals surface area contributed by atoms with Gasteiger partial charge in [-0.15, -0.1) is 0 Å². The Morgan fingerprint density at radius 3 is 1.92 bits per heavy atom. The third kappa shape index (κ3) is 6.67. The second-order valence-corrected chi connectivity index (χ2v) is 12.3. The first-order valence-electron chi connectivity index (χ1n) is 8.76. The van der Waals surface area contributed by atoms with Crippen LogP contribution < -0.4 is 0 Å². The van der Waals surface area contributed by atoms with Crippen LogP contribution in [-0.4, -0.2) is 24.4 Å². The Morgan fingerprint density at radius 2 is 1.44 bits per heavy atom. The number of hydrogen-bond donors (Lipinski definition) is 0. The van der Waals surface area contributed by atoms with Crippen LogP contribution in [0.2, 0.25) is 19.6 Å². The first kappa shape index (κ1) is 19.1. The number of rotatable bonds is 8. The third-order valence-corrected chi connectivity index (χ3v) is 5.72. The summed E-state index contributed by atoms with van der Waals surface area (Å²) in [6, 6.07) is 20.6. The Hall–Kier alpha value is -2.20. The molecule has 0 spiro atoms. The molecular weight excluding hydrogens is 324 g/mol. The van der Waals surface area contributed by atoms with E-state index in [1.54, 1.807) is 6.92 Å². The summed E-state index contributed by atoms with van der Waals surface area (Å²) in [5, 5.41) is 4.97. The molecule has 4 heteroatoms. The second kappa shape index (κ2) is 8.76. The minimum atomic E-state index is -1.67. The Kier molecular flexibility index (Phi) is 6.71. The van der Waals surface area contributed by atoms with Crippen LogP contribution in [0.5, 0.6) is 0 Å². The summed E-state index contributed by atoms with van der Waals surface area (Å²) >= 11 is 0. The summed E-state index contributed by atoms with van der Waals surface area (Å²) in [6.45, 7) is 9.28. The van der Waals surface area contributed by atoms with Gasteiger partial charge in [-0.2, -0.15) is 5.10 Å². The van der Waals surface area contributed by atoms with Gasteiger partial charge in [-0.05, 0) is 18.1 Å². The van der Waals surface area contributed by atoms with Gasteiger partial charge in [-0.1, -0.05) is 80.3 Å². The van der Waals surface area contributed by atoms with E-state index in [9.17, 15) is 4.79 Å². The standard InChI is InChI=1S/C21H28N2OSi/c1-18(24)15-21(16-19-11-7-5-8-12-19)22-23(25(2,3)4)17-20-13-9-6-10-14-20/h5-14H,15-17H2,1-4H3. The summed E-state index contributed by atoms with van der Waals surface area (Å²) in [5.41, 5.74) is 3.38. The van der Waals surface area contributed by atoms with Crippen LogP contribution in [0.25, 0.3) is 0 Å². The van der Waals surface area contributed by atoms with Crippen molar-refractivity contribution in [2.75, 3.05) is 0 Å². The van der Waals surface area contributed by atoms with Crippen LogP contribution in [0.4, 0.5) is 0 Å². The maximum absolute atomic E-state index is 11.7. The Labute approximate surface area is 152 Å². The number of nitrogens with zero attached hydrogens (tertiary/aromatic N) is 2. The number of hydrazone groups is 1. The number of hydrogen-bond acceptors (Lipinski definition) is 3. The number of carbonyl (C=O) groups is 1. The van der Waals surface area contributed by atoms with Crippen molar-refractivity contribution in [2.24, 2.45) is 5.10 Å². The van der Waals surface area contributed by atoms with Crippen LogP contribution in [0.15, 0.2) is 65.8 Å². The van der Waals surface area contributed by atoms with Gasteiger partial charge in [0, 0.05) is 18.6 Å². The zero-order valence-electron chi connectivity index (χ0n) is 15.7.